The number of hydrogen-bond donors (Lipinski definition) is 1. The molecule has 0 saturated carbocycles. The highest BCUT2D eigenvalue weighted by Gasteiger charge is 2.14. The second kappa shape index (κ2) is 9.58. The number of thiophene rings is 2. The lowest BCUT2D eigenvalue weighted by Crippen LogP contribution is -2.23. The molecule has 0 aliphatic heterocycles. The number of nitrogens with zero attached hydrogens (tertiary/aromatic N) is 2. The lowest BCUT2D eigenvalue weighted by molar-refractivity contribution is 0.102. The van der Waals surface area contributed by atoms with Gasteiger partial charge in [0.1, 0.15) is 16.2 Å². The summed E-state index contributed by atoms with van der Waals surface area (Å²) in [5.74, 6) is 0.312. The predicted molar refractivity (Wildman–Crippen MR) is 129 cm³/mol. The maximum absolute atomic E-state index is 12.7. The summed E-state index contributed by atoms with van der Waals surface area (Å²) < 4.78 is 24.8. The molecule has 0 aliphatic carbocycles. The molecule has 1 N–H and O–H groups in total. The number of benzene rings is 1. The number of carbonyl (C=O) groups is 1. The van der Waals surface area contributed by atoms with E-state index in [2.05, 4.69) is 32.9 Å². The molecule has 0 fully saturated rings. The number of thioether (sulfide) groups is 1. The first-order chi connectivity index (χ1) is 14.9. The Balaban J connectivity index is 1.42. The van der Waals surface area contributed by atoms with Crippen LogP contribution in [0.4, 0.5) is 0 Å². The molecular weight excluding hydrogens is 471 g/mol. The highest BCUT2D eigenvalue weighted by Crippen LogP contribution is 2.36. The third kappa shape index (κ3) is 5.78. The first-order valence-electron chi connectivity index (χ1n) is 9.38. The summed E-state index contributed by atoms with van der Waals surface area (Å²) >= 11 is 4.43. The normalized spacial score (nSPS) is 11.8. The number of sulfonamides is 1. The lowest BCUT2D eigenvalue weighted by Gasteiger charge is -2.01. The Morgan fingerprint density at radius 2 is 1.90 bits per heavy atom. The van der Waals surface area contributed by atoms with Crippen LogP contribution in [0.15, 0.2) is 59.9 Å². The van der Waals surface area contributed by atoms with Crippen molar-refractivity contribution in [2.75, 3.05) is 18.6 Å². The third-order valence-electron chi connectivity index (χ3n) is 4.36. The monoisotopic (exact) mass is 489 g/mol. The molecule has 0 radical (unpaired) electrons. The minimum Gasteiger partial charge on any atom is -0.292 e. The summed E-state index contributed by atoms with van der Waals surface area (Å²) in [5, 5.41) is 1.76. The molecule has 160 valence electrons. The molecule has 0 spiro atoms. The van der Waals surface area contributed by atoms with Gasteiger partial charge < -0.3 is 0 Å². The van der Waals surface area contributed by atoms with E-state index in [9.17, 15) is 13.2 Å². The van der Waals surface area contributed by atoms with Gasteiger partial charge in [-0.15, -0.1) is 22.7 Å². The van der Waals surface area contributed by atoms with Gasteiger partial charge in [-0.2, -0.15) is 0 Å². The number of aromatic nitrogens is 2. The summed E-state index contributed by atoms with van der Waals surface area (Å²) in [6.07, 6.45) is 3.23. The molecule has 0 saturated heterocycles. The maximum atomic E-state index is 12.7. The third-order valence-corrected chi connectivity index (χ3v) is 8.38. The topological polar surface area (TPSA) is 89.0 Å². The van der Waals surface area contributed by atoms with Crippen molar-refractivity contribution in [2.24, 2.45) is 0 Å². The molecule has 0 unspecified atom stereocenters. The fraction of sp³-hybridized carbons (Fsp3) is 0.190. The molecule has 4 rings (SSSR count). The smallest absolute Gasteiger partial charge is 0.208 e. The van der Waals surface area contributed by atoms with Crippen LogP contribution in [-0.2, 0) is 16.4 Å². The number of carbonyl (C=O) groups excluding carboxylic acids is 1. The summed E-state index contributed by atoms with van der Waals surface area (Å²) in [6, 6.07) is 15.9. The van der Waals surface area contributed by atoms with Crippen molar-refractivity contribution in [3.63, 3.8) is 0 Å². The van der Waals surface area contributed by atoms with Gasteiger partial charge in [0, 0.05) is 21.7 Å². The van der Waals surface area contributed by atoms with Crippen molar-refractivity contribution in [1.82, 2.24) is 14.7 Å². The quantitative estimate of drug-likeness (QED) is 0.212. The van der Waals surface area contributed by atoms with E-state index in [0.29, 0.717) is 17.8 Å². The van der Waals surface area contributed by atoms with Gasteiger partial charge >= 0.3 is 0 Å². The Bertz CT molecular complexity index is 1310. The number of fused-ring (bicyclic) bond motifs is 1. The van der Waals surface area contributed by atoms with Crippen LogP contribution in [0, 0.1) is 0 Å². The van der Waals surface area contributed by atoms with Gasteiger partial charge in [0.15, 0.2) is 5.78 Å². The molecule has 0 amide bonds. The van der Waals surface area contributed by atoms with Crippen LogP contribution in [0.3, 0.4) is 0 Å². The van der Waals surface area contributed by atoms with Gasteiger partial charge in [0.05, 0.1) is 16.9 Å². The lowest BCUT2D eigenvalue weighted by atomic mass is 10.2. The molecule has 3 heterocycles. The zero-order valence-corrected chi connectivity index (χ0v) is 19.8. The predicted octanol–water partition coefficient (Wildman–Crippen LogP) is 4.49. The van der Waals surface area contributed by atoms with Crippen molar-refractivity contribution < 1.29 is 13.2 Å². The standard InChI is InChI=1S/C21H19N3O3S4/c1-31(26,27)24-10-9-15-7-8-18(29-15)17(25)12-28-20-16-11-19(14-5-3-2-4-6-14)30-21(16)23-13-22-20/h2-8,11,13,24H,9-10,12H2,1H3. The average Bonchev–Trinajstić information content (AvgIpc) is 3.39. The highest BCUT2D eigenvalue weighted by molar-refractivity contribution is 8.00. The van der Waals surface area contributed by atoms with Crippen LogP contribution in [0.1, 0.15) is 14.5 Å². The van der Waals surface area contributed by atoms with Crippen LogP contribution >= 0.6 is 34.4 Å². The summed E-state index contributed by atoms with van der Waals surface area (Å²) in [4.78, 5) is 25.1. The number of hydrogen-bond acceptors (Lipinski definition) is 8. The van der Waals surface area contributed by atoms with E-state index in [0.717, 1.165) is 36.8 Å². The second-order valence-electron chi connectivity index (χ2n) is 6.77. The largest absolute Gasteiger partial charge is 0.292 e. The van der Waals surface area contributed by atoms with Gasteiger partial charge in [-0.1, -0.05) is 42.1 Å². The van der Waals surface area contributed by atoms with Gasteiger partial charge in [-0.05, 0) is 30.2 Å². The van der Waals surface area contributed by atoms with Crippen molar-refractivity contribution in [1.29, 1.82) is 0 Å². The minimum absolute atomic E-state index is 0.0302. The zero-order valence-electron chi connectivity index (χ0n) is 16.6. The van der Waals surface area contributed by atoms with E-state index >= 15 is 0 Å². The number of Topliss-reactive ketones (excluding diaryl/α,β-unsaturated/α-hetero) is 1. The van der Waals surface area contributed by atoms with Crippen molar-refractivity contribution in [3.8, 4) is 10.4 Å². The summed E-state index contributed by atoms with van der Waals surface area (Å²) in [6.45, 7) is 0.322. The Labute approximate surface area is 192 Å². The van der Waals surface area contributed by atoms with Crippen LogP contribution in [0.5, 0.6) is 0 Å². The van der Waals surface area contributed by atoms with Crippen molar-refractivity contribution >= 4 is 60.5 Å². The molecule has 1 aromatic carbocycles. The molecular formula is C21H19N3O3S4. The molecule has 4 aromatic rings. The SMILES string of the molecule is CS(=O)(=O)NCCc1ccc(C(=O)CSc2ncnc3sc(-c4ccccc4)cc23)s1. The Kier molecular flexibility index (Phi) is 6.83. The number of rotatable bonds is 9. The second-order valence-corrected chi connectivity index (χ2v) is 11.8. The maximum Gasteiger partial charge on any atom is 0.208 e. The van der Waals surface area contributed by atoms with E-state index in [-0.39, 0.29) is 11.5 Å². The van der Waals surface area contributed by atoms with Crippen LogP contribution < -0.4 is 4.72 Å². The highest BCUT2D eigenvalue weighted by atomic mass is 32.2. The van der Waals surface area contributed by atoms with Crippen molar-refractivity contribution in [3.05, 3.63) is 64.6 Å². The summed E-state index contributed by atoms with van der Waals surface area (Å²) in [5.41, 5.74) is 1.13. The Hall–Kier alpha value is -2.11. The van der Waals surface area contributed by atoms with Gasteiger partial charge in [0.25, 0.3) is 0 Å². The zero-order chi connectivity index (χ0) is 21.8. The Morgan fingerprint density at radius 1 is 1.10 bits per heavy atom. The first kappa shape index (κ1) is 22.1. The molecule has 6 nitrogen and oxygen atoms in total. The molecule has 31 heavy (non-hydrogen) atoms. The van der Waals surface area contributed by atoms with Crippen LogP contribution in [0.25, 0.3) is 20.7 Å². The van der Waals surface area contributed by atoms with Crippen LogP contribution in [-0.4, -0.2) is 42.7 Å². The minimum atomic E-state index is -3.20. The van der Waals surface area contributed by atoms with E-state index in [1.54, 1.807) is 23.7 Å². The summed E-state index contributed by atoms with van der Waals surface area (Å²) in [7, 11) is -3.20. The molecule has 10 heteroatoms. The molecule has 0 bridgehead atoms. The molecule has 3 aromatic heterocycles. The van der Waals surface area contributed by atoms with Crippen LogP contribution in [0.2, 0.25) is 0 Å². The molecule has 0 atom stereocenters. The number of nitrogens with one attached hydrogen (secondary N) is 1. The average molecular weight is 490 g/mol. The van der Waals surface area contributed by atoms with E-state index < -0.39 is 10.0 Å². The van der Waals surface area contributed by atoms with E-state index in [4.69, 9.17) is 0 Å². The number of ketones is 1. The van der Waals surface area contributed by atoms with Gasteiger partial charge in [-0.3, -0.25) is 4.79 Å². The Morgan fingerprint density at radius 3 is 2.68 bits per heavy atom. The fourth-order valence-electron chi connectivity index (χ4n) is 2.92. The van der Waals surface area contributed by atoms with E-state index in [1.165, 1.54) is 23.1 Å². The van der Waals surface area contributed by atoms with Gasteiger partial charge in [-0.25, -0.2) is 23.1 Å². The van der Waals surface area contributed by atoms with Gasteiger partial charge in [0.2, 0.25) is 10.0 Å². The molecule has 0 aliphatic rings. The van der Waals surface area contributed by atoms with Crippen molar-refractivity contribution in [2.45, 2.75) is 11.4 Å². The first-order valence-corrected chi connectivity index (χ1v) is 13.9. The van der Waals surface area contributed by atoms with E-state index in [1.807, 2.05) is 24.3 Å². The fourth-order valence-corrected chi connectivity index (χ4v) is 6.35.